The van der Waals surface area contributed by atoms with Crippen LogP contribution < -0.4 is 10.5 Å². The Balaban J connectivity index is 2.07. The van der Waals surface area contributed by atoms with E-state index in [1.807, 2.05) is 19.9 Å². The van der Waals surface area contributed by atoms with Gasteiger partial charge in [0.25, 0.3) is 11.5 Å². The highest BCUT2D eigenvalue weighted by molar-refractivity contribution is 8.26. The summed E-state index contributed by atoms with van der Waals surface area (Å²) in [6.07, 6.45) is 3.31. The summed E-state index contributed by atoms with van der Waals surface area (Å²) in [5.41, 5.74) is 1.24. The number of thioether (sulfide) groups is 1. The van der Waals surface area contributed by atoms with Crippen LogP contribution in [0.5, 0.6) is 0 Å². The molecule has 8 nitrogen and oxygen atoms in total. The summed E-state index contributed by atoms with van der Waals surface area (Å²) >= 11 is 6.78. The van der Waals surface area contributed by atoms with Crippen LogP contribution in [0.15, 0.2) is 9.70 Å². The number of amides is 1. The fourth-order valence-electron chi connectivity index (χ4n) is 4.48. The Bertz CT molecular complexity index is 1080. The van der Waals surface area contributed by atoms with Gasteiger partial charge in [0, 0.05) is 58.0 Å². The van der Waals surface area contributed by atoms with Gasteiger partial charge in [-0.2, -0.15) is 5.26 Å². The highest BCUT2D eigenvalue weighted by Crippen LogP contribution is 2.36. The Morgan fingerprint density at radius 2 is 1.86 bits per heavy atom. The molecule has 35 heavy (non-hydrogen) atoms. The molecule has 3 rings (SSSR count). The molecule has 1 aromatic heterocycles. The summed E-state index contributed by atoms with van der Waals surface area (Å²) in [5.74, 6) is 0.662. The second kappa shape index (κ2) is 12.7. The number of ether oxygens (including phenoxy) is 1. The van der Waals surface area contributed by atoms with Crippen LogP contribution in [0.25, 0.3) is 6.08 Å². The van der Waals surface area contributed by atoms with Gasteiger partial charge in [0.15, 0.2) is 0 Å². The number of nitrogens with zero attached hydrogens (tertiary/aromatic N) is 5. The molecule has 0 aromatic carbocycles. The molecule has 2 fully saturated rings. The van der Waals surface area contributed by atoms with Gasteiger partial charge >= 0.3 is 0 Å². The van der Waals surface area contributed by atoms with Crippen molar-refractivity contribution in [3.63, 3.8) is 0 Å². The molecule has 190 valence electrons. The first-order valence-corrected chi connectivity index (χ1v) is 13.6. The number of rotatable bonds is 10. The molecule has 0 bridgehead atoms. The molecule has 10 heteroatoms. The van der Waals surface area contributed by atoms with E-state index in [1.165, 1.54) is 11.8 Å². The maximum Gasteiger partial charge on any atom is 0.270 e. The van der Waals surface area contributed by atoms with Crippen LogP contribution in [-0.4, -0.2) is 77.1 Å². The number of carbonyl (C=O) groups excluding carboxylic acids is 1. The number of aromatic nitrogens is 1. The van der Waals surface area contributed by atoms with Crippen LogP contribution in [0.2, 0.25) is 0 Å². The standard InChI is InChI=1S/C25H35N5O3S2/c1-5-9-29-22(28-13-11-27(6-2)12-14-28)19(18(4)20(17-26)23(29)31)16-21-24(32)30(25(34)35-21)10-8-15-33-7-3/h16H,5-15H2,1-4H3. The number of hydrogen-bond donors (Lipinski definition) is 0. The maximum absolute atomic E-state index is 13.3. The molecule has 1 aromatic rings. The molecule has 3 heterocycles. The smallest absolute Gasteiger partial charge is 0.270 e. The van der Waals surface area contributed by atoms with E-state index in [0.717, 1.165) is 50.5 Å². The van der Waals surface area contributed by atoms with Crippen LogP contribution in [0, 0.1) is 18.3 Å². The Morgan fingerprint density at radius 1 is 1.14 bits per heavy atom. The lowest BCUT2D eigenvalue weighted by molar-refractivity contribution is -0.122. The van der Waals surface area contributed by atoms with Crippen molar-refractivity contribution in [3.05, 3.63) is 31.9 Å². The number of pyridine rings is 1. The monoisotopic (exact) mass is 517 g/mol. The molecule has 0 atom stereocenters. The molecule has 0 radical (unpaired) electrons. The predicted molar refractivity (Wildman–Crippen MR) is 146 cm³/mol. The van der Waals surface area contributed by atoms with Crippen molar-refractivity contribution >= 4 is 46.1 Å². The van der Waals surface area contributed by atoms with E-state index in [1.54, 1.807) is 16.4 Å². The molecule has 2 saturated heterocycles. The van der Waals surface area contributed by atoms with Crippen molar-refractivity contribution in [1.29, 1.82) is 5.26 Å². The SMILES string of the molecule is CCCn1c(N2CCN(CC)CC2)c(C=C2SC(=S)N(CCCOCC)C2=O)c(C)c(C#N)c1=O. The van der Waals surface area contributed by atoms with Crippen molar-refractivity contribution in [2.45, 2.75) is 47.1 Å². The second-order valence-electron chi connectivity index (χ2n) is 8.61. The molecule has 0 aliphatic carbocycles. The molecular formula is C25H35N5O3S2. The number of thiocarbonyl (C=S) groups is 1. The first kappa shape index (κ1) is 27.4. The molecule has 2 aliphatic heterocycles. The summed E-state index contributed by atoms with van der Waals surface area (Å²) in [6.45, 7) is 14.5. The number of anilines is 1. The fraction of sp³-hybridized carbons (Fsp3) is 0.600. The Morgan fingerprint density at radius 3 is 2.46 bits per heavy atom. The summed E-state index contributed by atoms with van der Waals surface area (Å²) in [6, 6.07) is 2.11. The van der Waals surface area contributed by atoms with Crippen LogP contribution in [0.4, 0.5) is 5.82 Å². The van der Waals surface area contributed by atoms with Crippen LogP contribution >= 0.6 is 24.0 Å². The van der Waals surface area contributed by atoms with E-state index < -0.39 is 0 Å². The Labute approximate surface area is 217 Å². The van der Waals surface area contributed by atoms with Gasteiger partial charge in [-0.05, 0) is 44.9 Å². The van der Waals surface area contributed by atoms with E-state index >= 15 is 0 Å². The van der Waals surface area contributed by atoms with Gasteiger partial charge in [0.1, 0.15) is 21.8 Å². The largest absolute Gasteiger partial charge is 0.382 e. The van der Waals surface area contributed by atoms with E-state index in [4.69, 9.17) is 17.0 Å². The Hall–Kier alpha value is -2.19. The first-order chi connectivity index (χ1) is 16.9. The third-order valence-electron chi connectivity index (χ3n) is 6.44. The van der Waals surface area contributed by atoms with E-state index in [9.17, 15) is 14.9 Å². The third-order valence-corrected chi connectivity index (χ3v) is 7.81. The molecule has 0 spiro atoms. The van der Waals surface area contributed by atoms with Crippen molar-refractivity contribution in [1.82, 2.24) is 14.4 Å². The molecular weight excluding hydrogens is 482 g/mol. The van der Waals surface area contributed by atoms with Gasteiger partial charge in [-0.15, -0.1) is 0 Å². The average Bonchev–Trinajstić information content (AvgIpc) is 3.12. The fourth-order valence-corrected chi connectivity index (χ4v) is 5.78. The minimum Gasteiger partial charge on any atom is -0.382 e. The summed E-state index contributed by atoms with van der Waals surface area (Å²) in [5, 5.41) is 9.80. The zero-order chi connectivity index (χ0) is 25.5. The molecule has 1 amide bonds. The minimum absolute atomic E-state index is 0.132. The second-order valence-corrected chi connectivity index (χ2v) is 10.3. The Kier molecular flexibility index (Phi) is 9.92. The zero-order valence-corrected chi connectivity index (χ0v) is 22.8. The summed E-state index contributed by atoms with van der Waals surface area (Å²) in [4.78, 5) is 33.3. The predicted octanol–water partition coefficient (Wildman–Crippen LogP) is 3.21. The van der Waals surface area contributed by atoms with Gasteiger partial charge in [0.2, 0.25) is 0 Å². The van der Waals surface area contributed by atoms with Crippen molar-refractivity contribution in [2.75, 3.05) is 57.4 Å². The van der Waals surface area contributed by atoms with E-state index in [2.05, 4.69) is 22.8 Å². The highest BCUT2D eigenvalue weighted by Gasteiger charge is 2.33. The van der Waals surface area contributed by atoms with Gasteiger partial charge in [-0.25, -0.2) is 0 Å². The lowest BCUT2D eigenvalue weighted by atomic mass is 10.0. The first-order valence-electron chi connectivity index (χ1n) is 12.4. The topological polar surface area (TPSA) is 81.8 Å². The number of hydrogen-bond acceptors (Lipinski definition) is 8. The van der Waals surface area contributed by atoms with Crippen molar-refractivity contribution < 1.29 is 9.53 Å². The summed E-state index contributed by atoms with van der Waals surface area (Å²) < 4.78 is 7.65. The average molecular weight is 518 g/mol. The number of likely N-dealkylation sites (N-methyl/N-ethyl adjacent to an activating group) is 1. The number of piperazine rings is 1. The lowest BCUT2D eigenvalue weighted by Crippen LogP contribution is -2.48. The van der Waals surface area contributed by atoms with Crippen LogP contribution in [0.1, 0.15) is 50.3 Å². The van der Waals surface area contributed by atoms with Crippen molar-refractivity contribution in [3.8, 4) is 6.07 Å². The zero-order valence-electron chi connectivity index (χ0n) is 21.1. The quantitative estimate of drug-likeness (QED) is 0.266. The van der Waals surface area contributed by atoms with Crippen LogP contribution in [0.3, 0.4) is 0 Å². The van der Waals surface area contributed by atoms with Gasteiger partial charge in [-0.3, -0.25) is 19.1 Å². The van der Waals surface area contributed by atoms with Crippen molar-refractivity contribution in [2.24, 2.45) is 0 Å². The van der Waals surface area contributed by atoms with Crippen LogP contribution in [-0.2, 0) is 16.1 Å². The molecule has 0 N–H and O–H groups in total. The highest BCUT2D eigenvalue weighted by atomic mass is 32.2. The maximum atomic E-state index is 13.3. The van der Waals surface area contributed by atoms with Gasteiger partial charge in [0.05, 0.1) is 4.91 Å². The minimum atomic E-state index is -0.264. The normalized spacial score (nSPS) is 18.1. The van der Waals surface area contributed by atoms with Gasteiger partial charge < -0.3 is 14.5 Å². The van der Waals surface area contributed by atoms with Gasteiger partial charge in [-0.1, -0.05) is 37.8 Å². The number of carbonyl (C=O) groups is 1. The molecule has 2 aliphatic rings. The molecule has 0 unspecified atom stereocenters. The lowest BCUT2D eigenvalue weighted by Gasteiger charge is -2.37. The number of nitriles is 1. The third kappa shape index (κ3) is 5.97. The molecule has 0 saturated carbocycles. The summed E-state index contributed by atoms with van der Waals surface area (Å²) in [7, 11) is 0. The van der Waals surface area contributed by atoms with E-state index in [-0.39, 0.29) is 17.0 Å². The van der Waals surface area contributed by atoms with E-state index in [0.29, 0.717) is 47.5 Å².